The topological polar surface area (TPSA) is 12.0 Å². The number of halogens is 4. The lowest BCUT2D eigenvalue weighted by molar-refractivity contribution is 0.609. The van der Waals surface area contributed by atoms with E-state index in [1.54, 1.807) is 0 Å². The molecule has 1 unspecified atom stereocenters. The fourth-order valence-corrected chi connectivity index (χ4v) is 5.96. The van der Waals surface area contributed by atoms with E-state index in [1.165, 1.54) is 26.2 Å². The molecule has 0 bridgehead atoms. The van der Waals surface area contributed by atoms with E-state index in [-0.39, 0.29) is 0 Å². The molecule has 20 heavy (non-hydrogen) atoms. The highest BCUT2D eigenvalue weighted by Gasteiger charge is 2.24. The molecule has 1 aromatic carbocycles. The van der Waals surface area contributed by atoms with Gasteiger partial charge in [0.1, 0.15) is 0 Å². The number of aryl methyl sites for hydroxylation is 1. The van der Waals surface area contributed by atoms with Crippen molar-refractivity contribution in [2.24, 2.45) is 0 Å². The maximum Gasteiger partial charge on any atom is 0.0724 e. The average molecular weight is 503 g/mol. The Morgan fingerprint density at radius 1 is 1.25 bits per heavy atom. The Morgan fingerprint density at radius 2 is 1.95 bits per heavy atom. The van der Waals surface area contributed by atoms with Crippen LogP contribution in [0.3, 0.4) is 0 Å². The highest BCUT2D eigenvalue weighted by atomic mass is 127. The van der Waals surface area contributed by atoms with Crippen LogP contribution < -0.4 is 5.32 Å². The maximum absolute atomic E-state index is 6.31. The molecule has 1 heterocycles. The van der Waals surface area contributed by atoms with Crippen LogP contribution in [0.15, 0.2) is 22.7 Å². The van der Waals surface area contributed by atoms with Gasteiger partial charge in [-0.25, -0.2) is 0 Å². The van der Waals surface area contributed by atoms with Gasteiger partial charge in [0.2, 0.25) is 0 Å². The quantitative estimate of drug-likeness (QED) is 0.440. The third kappa shape index (κ3) is 3.14. The molecular weight excluding hydrogens is 492 g/mol. The smallest absolute Gasteiger partial charge is 0.0724 e. The normalized spacial score (nSPS) is 17.9. The number of hydrogen-bond donors (Lipinski definition) is 1. The average Bonchev–Trinajstić information content (AvgIpc) is 2.74. The van der Waals surface area contributed by atoms with E-state index in [0.29, 0.717) is 16.1 Å². The Bertz CT molecular complexity index is 636. The number of nitrogens with one attached hydrogen (secondary N) is 1. The van der Waals surface area contributed by atoms with E-state index < -0.39 is 0 Å². The molecule has 1 aliphatic rings. The van der Waals surface area contributed by atoms with E-state index in [0.717, 1.165) is 16.6 Å². The first kappa shape index (κ1) is 15.4. The molecule has 0 aliphatic heterocycles. The zero-order valence-electron chi connectivity index (χ0n) is 10.4. The van der Waals surface area contributed by atoms with Crippen LogP contribution >= 0.6 is 73.1 Å². The van der Waals surface area contributed by atoms with Crippen molar-refractivity contribution in [3.8, 4) is 0 Å². The first-order chi connectivity index (χ1) is 9.54. The number of rotatable bonds is 2. The summed E-state index contributed by atoms with van der Waals surface area (Å²) in [5.74, 6) is 0. The molecule has 0 fully saturated rings. The number of benzene rings is 1. The van der Waals surface area contributed by atoms with Gasteiger partial charge in [-0.1, -0.05) is 39.1 Å². The van der Waals surface area contributed by atoms with Gasteiger partial charge in [-0.05, 0) is 65.6 Å². The summed E-state index contributed by atoms with van der Waals surface area (Å²) in [7, 11) is 0. The van der Waals surface area contributed by atoms with Crippen LogP contribution in [0.2, 0.25) is 10.0 Å². The number of hydrogen-bond acceptors (Lipinski definition) is 2. The minimum atomic E-state index is 0.301. The Balaban J connectivity index is 1.93. The molecule has 106 valence electrons. The number of fused-ring (bicyclic) bond motifs is 1. The Morgan fingerprint density at radius 3 is 2.65 bits per heavy atom. The molecule has 0 spiro atoms. The molecule has 0 saturated heterocycles. The second kappa shape index (κ2) is 6.32. The molecule has 1 atom stereocenters. The predicted molar refractivity (Wildman–Crippen MR) is 100 cm³/mol. The Hall–Kier alpha value is 0.510. The lowest BCUT2D eigenvalue weighted by Gasteiger charge is -2.25. The fraction of sp³-hybridized carbons (Fsp3) is 0.286. The van der Waals surface area contributed by atoms with Gasteiger partial charge in [-0.2, -0.15) is 0 Å². The highest BCUT2D eigenvalue weighted by molar-refractivity contribution is 14.1. The van der Waals surface area contributed by atoms with Crippen molar-refractivity contribution in [3.63, 3.8) is 0 Å². The summed E-state index contributed by atoms with van der Waals surface area (Å²) in [5, 5.41) is 4.84. The van der Waals surface area contributed by atoms with E-state index >= 15 is 0 Å². The lowest BCUT2D eigenvalue weighted by atomic mass is 9.94. The van der Waals surface area contributed by atoms with Crippen molar-refractivity contribution in [2.75, 3.05) is 5.32 Å². The van der Waals surface area contributed by atoms with E-state index in [1.807, 2.05) is 23.5 Å². The van der Waals surface area contributed by atoms with E-state index in [9.17, 15) is 0 Å². The lowest BCUT2D eigenvalue weighted by Crippen LogP contribution is -2.16. The van der Waals surface area contributed by atoms with Gasteiger partial charge in [-0.15, -0.1) is 11.3 Å². The monoisotopic (exact) mass is 501 g/mol. The second-order valence-corrected chi connectivity index (χ2v) is 9.52. The summed E-state index contributed by atoms with van der Waals surface area (Å²) in [6.07, 6.45) is 3.50. The van der Waals surface area contributed by atoms with Crippen molar-refractivity contribution < 1.29 is 0 Å². The molecule has 1 nitrogen and oxygen atoms in total. The van der Waals surface area contributed by atoms with Crippen LogP contribution in [0.25, 0.3) is 0 Å². The molecule has 1 aliphatic carbocycles. The SMILES string of the molecule is Clc1cc(Br)cc(Cl)c1NC1CCCc2sc(I)cc21. The molecule has 1 aromatic heterocycles. The van der Waals surface area contributed by atoms with Crippen molar-refractivity contribution in [1.29, 1.82) is 0 Å². The summed E-state index contributed by atoms with van der Waals surface area (Å²) in [6, 6.07) is 6.32. The minimum Gasteiger partial charge on any atom is -0.376 e. The van der Waals surface area contributed by atoms with Crippen LogP contribution in [0.5, 0.6) is 0 Å². The zero-order chi connectivity index (χ0) is 14.3. The molecule has 0 amide bonds. The zero-order valence-corrected chi connectivity index (χ0v) is 16.4. The van der Waals surface area contributed by atoms with Gasteiger partial charge in [0.15, 0.2) is 0 Å². The fourth-order valence-electron chi connectivity index (χ4n) is 2.53. The van der Waals surface area contributed by atoms with Crippen LogP contribution in [0.1, 0.15) is 29.3 Å². The summed E-state index contributed by atoms with van der Waals surface area (Å²) < 4.78 is 2.24. The summed E-state index contributed by atoms with van der Waals surface area (Å²) in [6.45, 7) is 0. The van der Waals surface area contributed by atoms with Crippen molar-refractivity contribution >= 4 is 78.7 Å². The van der Waals surface area contributed by atoms with Gasteiger partial charge in [-0.3, -0.25) is 0 Å². The van der Waals surface area contributed by atoms with E-state index in [2.05, 4.69) is 49.9 Å². The predicted octanol–water partition coefficient (Wildman–Crippen LogP) is 6.91. The van der Waals surface area contributed by atoms with Gasteiger partial charge in [0.25, 0.3) is 0 Å². The maximum atomic E-state index is 6.31. The van der Waals surface area contributed by atoms with Crippen LogP contribution in [-0.2, 0) is 6.42 Å². The number of thiophene rings is 1. The van der Waals surface area contributed by atoms with Crippen molar-refractivity contribution in [1.82, 2.24) is 0 Å². The molecular formula is C14H11BrCl2INS. The molecule has 0 saturated carbocycles. The minimum absolute atomic E-state index is 0.301. The third-order valence-electron chi connectivity index (χ3n) is 3.41. The largest absolute Gasteiger partial charge is 0.376 e. The third-order valence-corrected chi connectivity index (χ3v) is 6.43. The molecule has 2 aromatic rings. The molecule has 0 radical (unpaired) electrons. The van der Waals surface area contributed by atoms with Crippen molar-refractivity contribution in [3.05, 3.63) is 46.0 Å². The van der Waals surface area contributed by atoms with Gasteiger partial charge < -0.3 is 5.32 Å². The van der Waals surface area contributed by atoms with Crippen LogP contribution in [0.4, 0.5) is 5.69 Å². The Kier molecular flexibility index (Phi) is 4.87. The van der Waals surface area contributed by atoms with Crippen LogP contribution in [0, 0.1) is 2.88 Å². The molecule has 6 heteroatoms. The van der Waals surface area contributed by atoms with Crippen molar-refractivity contribution in [2.45, 2.75) is 25.3 Å². The number of anilines is 1. The van der Waals surface area contributed by atoms with Crippen LogP contribution in [-0.4, -0.2) is 0 Å². The van der Waals surface area contributed by atoms with E-state index in [4.69, 9.17) is 23.2 Å². The van der Waals surface area contributed by atoms with Gasteiger partial charge >= 0.3 is 0 Å². The van der Waals surface area contributed by atoms with Gasteiger partial charge in [0, 0.05) is 9.35 Å². The first-order valence-corrected chi connectivity index (χ1v) is 9.68. The van der Waals surface area contributed by atoms with Gasteiger partial charge in [0.05, 0.1) is 24.7 Å². The summed E-state index contributed by atoms with van der Waals surface area (Å²) >= 11 is 20.3. The first-order valence-electron chi connectivity index (χ1n) is 6.24. The Labute approximate surface area is 154 Å². The summed E-state index contributed by atoms with van der Waals surface area (Å²) in [5.41, 5.74) is 2.23. The summed E-state index contributed by atoms with van der Waals surface area (Å²) in [4.78, 5) is 1.49. The highest BCUT2D eigenvalue weighted by Crippen LogP contribution is 2.41. The second-order valence-electron chi connectivity index (χ2n) is 4.76. The molecule has 3 rings (SSSR count). The molecule has 1 N–H and O–H groups in total. The standard InChI is InChI=1S/C14H11BrCl2INS/c15-7-4-9(16)14(10(17)5-7)19-11-2-1-3-12-8(11)6-13(18)20-12/h4-6,11,19H,1-3H2.